The Morgan fingerprint density at radius 2 is 0.288 bits per heavy atom. The number of hydrogen-bond donors (Lipinski definition) is 4. The number of aromatic nitrogens is 4. The third-order valence-electron chi connectivity index (χ3n) is 24.3. The summed E-state index contributed by atoms with van der Waals surface area (Å²) in [5.41, 5.74) is 17.6. The van der Waals surface area contributed by atoms with Crippen molar-refractivity contribution in [1.29, 1.82) is 0 Å². The van der Waals surface area contributed by atoms with Crippen LogP contribution < -0.4 is 21.4 Å². The van der Waals surface area contributed by atoms with Gasteiger partial charge < -0.3 is 19.9 Å². The molecule has 4 aromatic heterocycles. The van der Waals surface area contributed by atoms with Gasteiger partial charge in [-0.2, -0.15) is 0 Å². The first-order valence-corrected chi connectivity index (χ1v) is 45.4. The van der Waals surface area contributed by atoms with Crippen LogP contribution in [0.5, 0.6) is 0 Å². The fraction of sp³-hybridized carbons (Fsp3) is 0.640. The molecule has 4 aromatic carbocycles. The van der Waals surface area contributed by atoms with Crippen molar-refractivity contribution < 1.29 is 0 Å². The standard InChI is InChI=1S/C100H152N4/c1-9-17-25-33-41-49-57-77-65-85-86(66-78(77)58-50-42-34-26-18-10-2)94-74-96-89-69-81(61-53-45-37-29-21-13-5)82(62-54-46-38-30-22-14-6)70-90(89)98(103-96)76-100-92-72-84(64-56-48-40-32-24-16-8)83(63-55-47-39-31-23-15-7)71-91(92)99(104-100)75-97-88-68-80(60-52-44-36-28-20-12-4)79(59-51-43-35-27-19-11-3)67-87(88)95(102-97)73-93(85)101-94/h65-76,101-104H,9-64H2,1-8H3. The number of fused-ring (bicyclic) bond motifs is 20. The monoisotopic (exact) mass is 1410 g/mol. The summed E-state index contributed by atoms with van der Waals surface area (Å²) in [6.45, 7) is 18.8. The summed E-state index contributed by atoms with van der Waals surface area (Å²) in [5.74, 6) is 0. The maximum absolute atomic E-state index is 4.32. The van der Waals surface area contributed by atoms with Gasteiger partial charge in [-0.05, 0) is 220 Å². The molecule has 104 heavy (non-hydrogen) atoms. The lowest BCUT2D eigenvalue weighted by Crippen LogP contribution is -2.11. The second-order valence-corrected chi connectivity index (χ2v) is 33.2. The molecule has 0 saturated carbocycles. The maximum Gasteiger partial charge on any atom is 0.0486 e. The van der Waals surface area contributed by atoms with Crippen molar-refractivity contribution in [2.45, 2.75) is 415 Å². The zero-order chi connectivity index (χ0) is 72.8. The van der Waals surface area contributed by atoms with Crippen LogP contribution in [-0.4, -0.2) is 19.9 Å². The Morgan fingerprint density at radius 3 is 0.442 bits per heavy atom. The Labute approximate surface area is 635 Å². The average Bonchev–Trinajstić information content (AvgIpc) is 1.59. The molecule has 5 heterocycles. The van der Waals surface area contributed by atoms with Crippen LogP contribution in [0.4, 0.5) is 0 Å². The summed E-state index contributed by atoms with van der Waals surface area (Å²) in [7, 11) is 0. The smallest absolute Gasteiger partial charge is 0.0486 e. The highest BCUT2D eigenvalue weighted by molar-refractivity contribution is 6.01. The van der Waals surface area contributed by atoms with E-state index in [1.54, 1.807) is 44.5 Å². The first kappa shape index (κ1) is 82.6. The molecule has 9 rings (SSSR count). The molecule has 4 heteroatoms. The van der Waals surface area contributed by atoms with Gasteiger partial charge in [0.25, 0.3) is 0 Å². The second-order valence-electron chi connectivity index (χ2n) is 33.2. The molecule has 0 amide bonds. The fourth-order valence-corrected chi connectivity index (χ4v) is 17.8. The van der Waals surface area contributed by atoms with Gasteiger partial charge in [-0.3, -0.25) is 0 Å². The lowest BCUT2D eigenvalue weighted by atomic mass is 9.92. The normalized spacial score (nSPS) is 12.4. The Hall–Kier alpha value is -5.48. The van der Waals surface area contributed by atoms with Crippen molar-refractivity contribution in [3.05, 3.63) is 137 Å². The van der Waals surface area contributed by atoms with Crippen LogP contribution in [-0.2, 0) is 51.4 Å². The highest BCUT2D eigenvalue weighted by Gasteiger charge is 2.20. The molecule has 8 aromatic rings. The Morgan fingerprint density at radius 1 is 0.154 bits per heavy atom. The number of H-pyrrole nitrogens is 4. The van der Waals surface area contributed by atoms with Gasteiger partial charge >= 0.3 is 0 Å². The summed E-state index contributed by atoms with van der Waals surface area (Å²) in [6.07, 6.45) is 82.9. The number of aryl methyl sites for hydroxylation is 8. The van der Waals surface area contributed by atoms with Crippen LogP contribution in [0.1, 0.15) is 431 Å². The van der Waals surface area contributed by atoms with E-state index in [-0.39, 0.29) is 0 Å². The zero-order valence-electron chi connectivity index (χ0n) is 68.5. The Balaban J connectivity index is 1.34. The summed E-state index contributed by atoms with van der Waals surface area (Å²) in [6, 6.07) is 21.5. The topological polar surface area (TPSA) is 63.2 Å². The van der Waals surface area contributed by atoms with Gasteiger partial charge in [-0.1, -0.05) is 312 Å². The molecular weight excluding hydrogens is 1260 g/mol. The van der Waals surface area contributed by atoms with E-state index < -0.39 is 0 Å². The average molecular weight is 1410 g/mol. The van der Waals surface area contributed by atoms with Crippen LogP contribution in [0.2, 0.25) is 0 Å². The van der Waals surface area contributed by atoms with Crippen molar-refractivity contribution in [3.63, 3.8) is 0 Å². The van der Waals surface area contributed by atoms with E-state index in [2.05, 4.69) is 148 Å². The predicted molar refractivity (Wildman–Crippen MR) is 463 cm³/mol. The van der Waals surface area contributed by atoms with Gasteiger partial charge in [0, 0.05) is 87.3 Å². The summed E-state index contributed by atoms with van der Waals surface area (Å²) in [4.78, 5) is 17.3. The van der Waals surface area contributed by atoms with E-state index in [0.717, 1.165) is 51.4 Å². The molecular formula is C100H152N4. The quantitative estimate of drug-likeness (QED) is 0.0275. The second kappa shape index (κ2) is 47.3. The molecule has 1 aliphatic rings. The van der Waals surface area contributed by atoms with Crippen LogP contribution in [0.3, 0.4) is 0 Å². The molecule has 0 radical (unpaired) electrons. The molecule has 4 N–H and O–H groups in total. The van der Waals surface area contributed by atoms with E-state index in [4.69, 9.17) is 0 Å². The fourth-order valence-electron chi connectivity index (χ4n) is 17.8. The molecule has 572 valence electrons. The predicted octanol–water partition coefficient (Wildman–Crippen LogP) is 28.5. The zero-order valence-corrected chi connectivity index (χ0v) is 68.5. The molecule has 0 saturated heterocycles. The minimum Gasteiger partial charge on any atom is -0.354 e. The number of aromatic amines is 4. The maximum atomic E-state index is 4.32. The summed E-state index contributed by atoms with van der Waals surface area (Å²) < 4.78 is 0. The van der Waals surface area contributed by atoms with Crippen LogP contribution in [0.25, 0.3) is 67.4 Å². The minimum absolute atomic E-state index is 1.15. The van der Waals surface area contributed by atoms with Crippen molar-refractivity contribution >= 4 is 67.4 Å². The van der Waals surface area contributed by atoms with E-state index in [1.807, 2.05) is 0 Å². The molecule has 0 unspecified atom stereocenters. The van der Waals surface area contributed by atoms with Crippen LogP contribution >= 0.6 is 0 Å². The first-order valence-electron chi connectivity index (χ1n) is 45.4. The number of unbranched alkanes of at least 4 members (excludes halogenated alkanes) is 40. The number of benzene rings is 4. The summed E-state index contributed by atoms with van der Waals surface area (Å²) in [5, 5.41) is 15.9. The highest BCUT2D eigenvalue weighted by atomic mass is 14.8. The third kappa shape index (κ3) is 25.3. The van der Waals surface area contributed by atoms with E-state index in [9.17, 15) is 0 Å². The lowest BCUT2D eigenvalue weighted by molar-refractivity contribution is 0.599. The number of nitrogens with one attached hydrogen (secondary N) is 4. The number of rotatable bonds is 56. The van der Waals surface area contributed by atoms with E-state index >= 15 is 0 Å². The van der Waals surface area contributed by atoms with Crippen molar-refractivity contribution in [2.75, 3.05) is 0 Å². The lowest BCUT2D eigenvalue weighted by Gasteiger charge is -2.12. The molecule has 0 atom stereocenters. The van der Waals surface area contributed by atoms with Crippen LogP contribution in [0.15, 0.2) is 48.5 Å². The highest BCUT2D eigenvalue weighted by Crippen LogP contribution is 2.35. The molecule has 0 spiro atoms. The Bertz CT molecular complexity index is 3510. The third-order valence-corrected chi connectivity index (χ3v) is 24.3. The Kier molecular flexibility index (Phi) is 37.6. The largest absolute Gasteiger partial charge is 0.354 e. The van der Waals surface area contributed by atoms with Gasteiger partial charge in [-0.15, -0.1) is 0 Å². The summed E-state index contributed by atoms with van der Waals surface area (Å²) >= 11 is 0. The molecule has 0 fully saturated rings. The minimum atomic E-state index is 1.15. The molecule has 4 nitrogen and oxygen atoms in total. The van der Waals surface area contributed by atoms with E-state index in [0.29, 0.717) is 0 Å². The van der Waals surface area contributed by atoms with Gasteiger partial charge in [-0.25, -0.2) is 0 Å². The molecule has 1 aliphatic heterocycles. The first-order chi connectivity index (χ1) is 51.3. The SMILES string of the molecule is CCCCCCCCc1cc2c3[nH]c(c2cc1CCCCCCCC)C=c1[nH]c(c2cc(CCCCCCCC)c(CCCCCCCC)cc12)=Cc1[nH]c(c2cc(CCCCCCCC)c(CCCCCCCC)cc12)C=c1[nH]c(c2cc(CCCCCCCC)c(CCCCCCCC)cc12)=C3. The van der Waals surface area contributed by atoms with Crippen molar-refractivity contribution in [3.8, 4) is 0 Å². The van der Waals surface area contributed by atoms with Gasteiger partial charge in [0.15, 0.2) is 0 Å². The number of hydrogen-bond acceptors (Lipinski definition) is 0. The van der Waals surface area contributed by atoms with Gasteiger partial charge in [0.05, 0.1) is 0 Å². The molecule has 8 bridgehead atoms. The van der Waals surface area contributed by atoms with Crippen LogP contribution in [0, 0.1) is 0 Å². The van der Waals surface area contributed by atoms with Gasteiger partial charge in [0.1, 0.15) is 0 Å². The van der Waals surface area contributed by atoms with Gasteiger partial charge in [0.2, 0.25) is 0 Å². The van der Waals surface area contributed by atoms with Crippen molar-refractivity contribution in [2.24, 2.45) is 0 Å². The van der Waals surface area contributed by atoms with Crippen molar-refractivity contribution in [1.82, 2.24) is 19.9 Å². The molecule has 0 aliphatic carbocycles. The van der Waals surface area contributed by atoms with E-state index in [1.165, 1.54) is 395 Å².